The monoisotopic (exact) mass is 205 g/mol. The van der Waals surface area contributed by atoms with Crippen LogP contribution in [0.5, 0.6) is 5.75 Å². The van der Waals surface area contributed by atoms with Crippen LogP contribution in [-0.2, 0) is 6.42 Å². The van der Waals surface area contributed by atoms with Crippen LogP contribution in [0.2, 0.25) is 0 Å². The first kappa shape index (κ1) is 9.84. The summed E-state index contributed by atoms with van der Waals surface area (Å²) in [5.74, 6) is 1.08. The number of hydrogen-bond acceptors (Lipinski definition) is 3. The maximum absolute atomic E-state index is 5.51. The van der Waals surface area contributed by atoms with Crippen molar-refractivity contribution in [3.05, 3.63) is 16.3 Å². The van der Waals surface area contributed by atoms with Gasteiger partial charge in [-0.15, -0.1) is 23.7 Å². The minimum atomic E-state index is 0. The highest BCUT2D eigenvalue weighted by atomic mass is 35.5. The van der Waals surface area contributed by atoms with E-state index in [2.05, 4.69) is 16.1 Å². The average Bonchev–Trinajstić information content (AvgIpc) is 2.50. The van der Waals surface area contributed by atoms with E-state index in [1.165, 1.54) is 5.56 Å². The second-order valence-corrected chi connectivity index (χ2v) is 3.51. The Morgan fingerprint density at radius 3 is 3.17 bits per heavy atom. The van der Waals surface area contributed by atoms with Crippen molar-refractivity contribution in [3.8, 4) is 5.75 Å². The molecule has 1 aliphatic rings. The Kier molecular flexibility index (Phi) is 3.38. The van der Waals surface area contributed by atoms with E-state index < -0.39 is 0 Å². The van der Waals surface area contributed by atoms with Crippen LogP contribution in [0.1, 0.15) is 5.56 Å². The molecule has 0 radical (unpaired) electrons. The van der Waals surface area contributed by atoms with Crippen LogP contribution >= 0.6 is 23.7 Å². The molecule has 2 rings (SSSR count). The number of hydrogen-bond donors (Lipinski definition) is 1. The summed E-state index contributed by atoms with van der Waals surface area (Å²) in [5.41, 5.74) is 1.35. The zero-order valence-electron chi connectivity index (χ0n) is 6.87. The van der Waals surface area contributed by atoms with Crippen LogP contribution in [0.15, 0.2) is 10.8 Å². The van der Waals surface area contributed by atoms with Gasteiger partial charge in [-0.3, -0.25) is 0 Å². The van der Waals surface area contributed by atoms with E-state index in [1.54, 1.807) is 11.3 Å². The number of ether oxygens (including phenoxy) is 1. The van der Waals surface area contributed by atoms with Crippen molar-refractivity contribution in [3.63, 3.8) is 0 Å². The van der Waals surface area contributed by atoms with Crippen molar-refractivity contribution in [1.29, 1.82) is 0 Å². The van der Waals surface area contributed by atoms with Crippen molar-refractivity contribution in [1.82, 2.24) is 5.32 Å². The van der Waals surface area contributed by atoms with Crippen molar-refractivity contribution in [2.24, 2.45) is 0 Å². The molecule has 1 aromatic heterocycles. The molecule has 1 aliphatic heterocycles. The Hall–Kier alpha value is -0.250. The zero-order valence-corrected chi connectivity index (χ0v) is 8.50. The molecule has 0 saturated heterocycles. The minimum Gasteiger partial charge on any atom is -0.491 e. The van der Waals surface area contributed by atoms with Crippen molar-refractivity contribution in [2.75, 3.05) is 13.7 Å². The molecule has 0 amide bonds. The normalized spacial score (nSPS) is 20.6. The first-order valence-corrected chi connectivity index (χ1v) is 4.69. The Balaban J connectivity index is 0.000000720. The fraction of sp³-hybridized carbons (Fsp3) is 0.500. The van der Waals surface area contributed by atoms with Gasteiger partial charge in [0.2, 0.25) is 0 Å². The average molecular weight is 206 g/mol. The molecule has 0 aromatic carbocycles. The van der Waals surface area contributed by atoms with Gasteiger partial charge in [0, 0.05) is 17.0 Å². The Morgan fingerprint density at radius 2 is 2.42 bits per heavy atom. The smallest absolute Gasteiger partial charge is 0.133 e. The predicted octanol–water partition coefficient (Wildman–Crippen LogP) is 1.69. The van der Waals surface area contributed by atoms with Gasteiger partial charge in [-0.05, 0) is 18.8 Å². The molecule has 1 N–H and O–H groups in total. The summed E-state index contributed by atoms with van der Waals surface area (Å²) in [7, 11) is 1.98. The molecule has 0 fully saturated rings. The molecule has 0 spiro atoms. The van der Waals surface area contributed by atoms with Gasteiger partial charge in [-0.2, -0.15) is 0 Å². The number of rotatable bonds is 1. The number of likely N-dealkylation sites (N-methyl/N-ethyl adjacent to an activating group) is 1. The quantitative estimate of drug-likeness (QED) is 0.754. The molecular weight excluding hydrogens is 194 g/mol. The third kappa shape index (κ3) is 1.73. The standard InChI is InChI=1S/C8H11NOS.ClH/c1-9-7-2-6-4-11-5-8(6)10-3-7;/h4-5,7,9H,2-3H2,1H3;1H. The number of fused-ring (bicyclic) bond motifs is 1. The third-order valence-corrected chi connectivity index (χ3v) is 2.79. The van der Waals surface area contributed by atoms with E-state index in [1.807, 2.05) is 7.05 Å². The molecule has 1 aromatic rings. The molecule has 2 nitrogen and oxygen atoms in total. The molecule has 68 valence electrons. The minimum absolute atomic E-state index is 0. The van der Waals surface area contributed by atoms with Crippen molar-refractivity contribution >= 4 is 23.7 Å². The van der Waals surface area contributed by atoms with E-state index >= 15 is 0 Å². The van der Waals surface area contributed by atoms with Crippen LogP contribution < -0.4 is 10.1 Å². The highest BCUT2D eigenvalue weighted by Gasteiger charge is 2.18. The molecule has 0 aliphatic carbocycles. The van der Waals surface area contributed by atoms with Gasteiger partial charge < -0.3 is 10.1 Å². The maximum Gasteiger partial charge on any atom is 0.133 e. The second-order valence-electron chi connectivity index (χ2n) is 2.76. The summed E-state index contributed by atoms with van der Waals surface area (Å²) >= 11 is 1.72. The largest absolute Gasteiger partial charge is 0.491 e. The van der Waals surface area contributed by atoms with Crippen LogP contribution in [0.25, 0.3) is 0 Å². The van der Waals surface area contributed by atoms with Gasteiger partial charge in [0.25, 0.3) is 0 Å². The molecule has 0 saturated carbocycles. The van der Waals surface area contributed by atoms with Gasteiger partial charge >= 0.3 is 0 Å². The van der Waals surface area contributed by atoms with Crippen LogP contribution in [0.4, 0.5) is 0 Å². The van der Waals surface area contributed by atoms with Crippen LogP contribution in [-0.4, -0.2) is 19.7 Å². The van der Waals surface area contributed by atoms with E-state index in [0.29, 0.717) is 6.04 Å². The SMILES string of the molecule is CNC1COc2cscc2C1.Cl. The summed E-state index contributed by atoms with van der Waals surface area (Å²) in [4.78, 5) is 0. The molecule has 1 atom stereocenters. The highest BCUT2D eigenvalue weighted by Crippen LogP contribution is 2.28. The fourth-order valence-corrected chi connectivity index (χ4v) is 2.07. The molecular formula is C8H12ClNOS. The summed E-state index contributed by atoms with van der Waals surface area (Å²) in [6.07, 6.45) is 1.11. The molecule has 2 heterocycles. The molecule has 1 unspecified atom stereocenters. The lowest BCUT2D eigenvalue weighted by Gasteiger charge is -2.22. The second kappa shape index (κ2) is 4.12. The van der Waals surface area contributed by atoms with Crippen LogP contribution in [0.3, 0.4) is 0 Å². The van der Waals surface area contributed by atoms with Gasteiger partial charge in [-0.25, -0.2) is 0 Å². The number of halogens is 1. The lowest BCUT2D eigenvalue weighted by molar-refractivity contribution is 0.247. The Morgan fingerprint density at radius 1 is 1.58 bits per heavy atom. The molecule has 4 heteroatoms. The Bertz CT molecular complexity index is 251. The molecule has 0 bridgehead atoms. The zero-order chi connectivity index (χ0) is 7.68. The van der Waals surface area contributed by atoms with E-state index in [-0.39, 0.29) is 12.4 Å². The third-order valence-electron chi connectivity index (χ3n) is 2.02. The van der Waals surface area contributed by atoms with E-state index in [4.69, 9.17) is 4.74 Å². The Labute approximate surface area is 82.3 Å². The fourth-order valence-electron chi connectivity index (χ4n) is 1.29. The van der Waals surface area contributed by atoms with Crippen LogP contribution in [0, 0.1) is 0 Å². The highest BCUT2D eigenvalue weighted by molar-refractivity contribution is 7.08. The first-order chi connectivity index (χ1) is 5.40. The summed E-state index contributed by atoms with van der Waals surface area (Å²) in [6, 6.07) is 0.497. The van der Waals surface area contributed by atoms with Crippen molar-refractivity contribution < 1.29 is 4.74 Å². The summed E-state index contributed by atoms with van der Waals surface area (Å²) in [6.45, 7) is 0.806. The summed E-state index contributed by atoms with van der Waals surface area (Å²) < 4.78 is 5.51. The number of thiophene rings is 1. The lowest BCUT2D eigenvalue weighted by Crippen LogP contribution is -2.36. The van der Waals surface area contributed by atoms with Gasteiger partial charge in [0.1, 0.15) is 12.4 Å². The van der Waals surface area contributed by atoms with E-state index in [9.17, 15) is 0 Å². The van der Waals surface area contributed by atoms with Gasteiger partial charge in [-0.1, -0.05) is 0 Å². The summed E-state index contributed by atoms with van der Waals surface area (Å²) in [5, 5.41) is 7.45. The van der Waals surface area contributed by atoms with E-state index in [0.717, 1.165) is 18.8 Å². The first-order valence-electron chi connectivity index (χ1n) is 3.75. The maximum atomic E-state index is 5.51. The predicted molar refractivity (Wildman–Crippen MR) is 53.6 cm³/mol. The van der Waals surface area contributed by atoms with Gasteiger partial charge in [0.15, 0.2) is 0 Å². The lowest BCUT2D eigenvalue weighted by atomic mass is 10.1. The topological polar surface area (TPSA) is 21.3 Å². The van der Waals surface area contributed by atoms with Gasteiger partial charge in [0.05, 0.1) is 0 Å². The molecule has 12 heavy (non-hydrogen) atoms. The van der Waals surface area contributed by atoms with Crippen molar-refractivity contribution in [2.45, 2.75) is 12.5 Å². The number of nitrogens with one attached hydrogen (secondary N) is 1.